The summed E-state index contributed by atoms with van der Waals surface area (Å²) >= 11 is 0. The minimum atomic E-state index is -0.0147. The summed E-state index contributed by atoms with van der Waals surface area (Å²) in [6, 6.07) is 0. The van der Waals surface area contributed by atoms with Gasteiger partial charge in [-0.25, -0.2) is 14.5 Å². The molecule has 0 bridgehead atoms. The highest BCUT2D eigenvalue weighted by Crippen LogP contribution is 2.24. The van der Waals surface area contributed by atoms with Crippen LogP contribution < -0.4 is 0 Å². The number of fused-ring (bicyclic) bond motifs is 1. The molecule has 2 rings (SSSR count). The van der Waals surface area contributed by atoms with E-state index in [9.17, 15) is 0 Å². The highest BCUT2D eigenvalue weighted by Gasteiger charge is 2.22. The molecule has 0 aromatic carbocycles. The average molecular weight is 218 g/mol. The van der Waals surface area contributed by atoms with Crippen LogP contribution in [0.1, 0.15) is 52.1 Å². The number of hydrogen-bond acceptors (Lipinski definition) is 3. The zero-order chi connectivity index (χ0) is 11.9. The molecular weight excluding hydrogens is 200 g/mol. The maximum Gasteiger partial charge on any atom is 0.175 e. The first kappa shape index (κ1) is 11.0. The van der Waals surface area contributed by atoms with Gasteiger partial charge in [-0.1, -0.05) is 34.6 Å². The van der Waals surface area contributed by atoms with E-state index in [0.717, 1.165) is 17.2 Å². The Morgan fingerprint density at radius 1 is 1.25 bits per heavy atom. The van der Waals surface area contributed by atoms with Crippen molar-refractivity contribution in [3.05, 3.63) is 23.9 Å². The lowest BCUT2D eigenvalue weighted by atomic mass is 9.92. The second-order valence-electron chi connectivity index (χ2n) is 5.42. The molecular formula is C12H18N4. The van der Waals surface area contributed by atoms with Gasteiger partial charge in [-0.3, -0.25) is 0 Å². The third kappa shape index (κ3) is 1.79. The number of rotatable bonds is 1. The van der Waals surface area contributed by atoms with E-state index in [4.69, 9.17) is 0 Å². The number of hydrogen-bond donors (Lipinski definition) is 0. The predicted octanol–water partition coefficient (Wildman–Crippen LogP) is 2.55. The van der Waals surface area contributed by atoms with Gasteiger partial charge in [-0.15, -0.1) is 0 Å². The second-order valence-corrected chi connectivity index (χ2v) is 5.42. The zero-order valence-electron chi connectivity index (χ0n) is 10.5. The van der Waals surface area contributed by atoms with Gasteiger partial charge in [0.15, 0.2) is 11.5 Å². The first-order valence-corrected chi connectivity index (χ1v) is 5.61. The SMILES string of the molecule is CC(C)c1nc(C(C)(C)C)c2nccn2n1. The molecule has 0 N–H and O–H groups in total. The maximum absolute atomic E-state index is 4.65. The smallest absolute Gasteiger partial charge is 0.175 e. The summed E-state index contributed by atoms with van der Waals surface area (Å²) < 4.78 is 1.82. The van der Waals surface area contributed by atoms with Crippen molar-refractivity contribution < 1.29 is 0 Å². The van der Waals surface area contributed by atoms with Crippen LogP contribution in [0.25, 0.3) is 5.65 Å². The molecule has 0 atom stereocenters. The lowest BCUT2D eigenvalue weighted by molar-refractivity contribution is 0.552. The van der Waals surface area contributed by atoms with E-state index in [1.54, 1.807) is 6.20 Å². The van der Waals surface area contributed by atoms with Gasteiger partial charge in [0, 0.05) is 23.7 Å². The van der Waals surface area contributed by atoms with Crippen molar-refractivity contribution in [3.63, 3.8) is 0 Å². The van der Waals surface area contributed by atoms with Gasteiger partial charge >= 0.3 is 0 Å². The fourth-order valence-corrected chi connectivity index (χ4v) is 1.59. The number of imidazole rings is 1. The summed E-state index contributed by atoms with van der Waals surface area (Å²) in [6.45, 7) is 10.6. The van der Waals surface area contributed by atoms with Crippen molar-refractivity contribution in [3.8, 4) is 0 Å². The topological polar surface area (TPSA) is 43.1 Å². The molecule has 0 radical (unpaired) electrons. The molecule has 2 aromatic heterocycles. The summed E-state index contributed by atoms with van der Waals surface area (Å²) in [7, 11) is 0. The summed E-state index contributed by atoms with van der Waals surface area (Å²) in [5.74, 6) is 1.20. The summed E-state index contributed by atoms with van der Waals surface area (Å²) in [6.07, 6.45) is 3.64. The molecule has 2 heterocycles. The van der Waals surface area contributed by atoms with Crippen molar-refractivity contribution >= 4 is 5.65 Å². The molecule has 0 amide bonds. The Labute approximate surface area is 95.7 Å². The Morgan fingerprint density at radius 3 is 2.50 bits per heavy atom. The maximum atomic E-state index is 4.65. The van der Waals surface area contributed by atoms with Crippen LogP contribution in [0.2, 0.25) is 0 Å². The minimum Gasteiger partial charge on any atom is -0.234 e. The molecule has 0 fully saturated rings. The lowest BCUT2D eigenvalue weighted by Crippen LogP contribution is -2.19. The molecule has 0 spiro atoms. The van der Waals surface area contributed by atoms with Crippen LogP contribution in [0, 0.1) is 0 Å². The van der Waals surface area contributed by atoms with Crippen molar-refractivity contribution in [2.24, 2.45) is 0 Å². The normalized spacial score (nSPS) is 12.6. The predicted molar refractivity (Wildman–Crippen MR) is 63.6 cm³/mol. The Kier molecular flexibility index (Phi) is 2.45. The van der Waals surface area contributed by atoms with Gasteiger partial charge in [0.25, 0.3) is 0 Å². The number of aromatic nitrogens is 4. The fraction of sp³-hybridized carbons (Fsp3) is 0.583. The van der Waals surface area contributed by atoms with E-state index < -0.39 is 0 Å². The monoisotopic (exact) mass is 218 g/mol. The van der Waals surface area contributed by atoms with Gasteiger partial charge in [0.1, 0.15) is 0 Å². The van der Waals surface area contributed by atoms with Crippen LogP contribution in [-0.4, -0.2) is 19.6 Å². The molecule has 2 aromatic rings. The van der Waals surface area contributed by atoms with Gasteiger partial charge in [-0.2, -0.15) is 5.10 Å². The van der Waals surface area contributed by atoms with E-state index in [0.29, 0.717) is 5.92 Å². The third-order valence-corrected chi connectivity index (χ3v) is 2.50. The van der Waals surface area contributed by atoms with Crippen LogP contribution in [0.4, 0.5) is 0 Å². The van der Waals surface area contributed by atoms with Crippen LogP contribution in [0.15, 0.2) is 12.4 Å². The molecule has 0 saturated heterocycles. The largest absolute Gasteiger partial charge is 0.234 e. The van der Waals surface area contributed by atoms with Crippen LogP contribution >= 0.6 is 0 Å². The molecule has 16 heavy (non-hydrogen) atoms. The van der Waals surface area contributed by atoms with Crippen LogP contribution in [0.3, 0.4) is 0 Å². The van der Waals surface area contributed by atoms with Crippen molar-refractivity contribution in [1.29, 1.82) is 0 Å². The zero-order valence-corrected chi connectivity index (χ0v) is 10.5. The van der Waals surface area contributed by atoms with Gasteiger partial charge < -0.3 is 0 Å². The Hall–Kier alpha value is -1.45. The third-order valence-electron chi connectivity index (χ3n) is 2.50. The molecule has 0 aliphatic heterocycles. The highest BCUT2D eigenvalue weighted by molar-refractivity contribution is 5.46. The first-order valence-electron chi connectivity index (χ1n) is 5.61. The first-order chi connectivity index (χ1) is 7.39. The molecule has 0 unspecified atom stereocenters. The fourth-order valence-electron chi connectivity index (χ4n) is 1.59. The highest BCUT2D eigenvalue weighted by atomic mass is 15.3. The summed E-state index contributed by atoms with van der Waals surface area (Å²) in [5.41, 5.74) is 1.85. The van der Waals surface area contributed by atoms with Gasteiger partial charge in [0.05, 0.1) is 5.69 Å². The Morgan fingerprint density at radius 2 is 1.94 bits per heavy atom. The summed E-state index contributed by atoms with van der Waals surface area (Å²) in [5, 5.41) is 4.45. The molecule has 0 aliphatic carbocycles. The van der Waals surface area contributed by atoms with Gasteiger partial charge in [-0.05, 0) is 0 Å². The molecule has 86 valence electrons. The van der Waals surface area contributed by atoms with Crippen molar-refractivity contribution in [1.82, 2.24) is 19.6 Å². The van der Waals surface area contributed by atoms with E-state index in [1.807, 2.05) is 10.7 Å². The molecule has 0 aliphatic rings. The molecule has 0 saturated carbocycles. The summed E-state index contributed by atoms with van der Waals surface area (Å²) in [4.78, 5) is 8.97. The van der Waals surface area contributed by atoms with Crippen molar-refractivity contribution in [2.45, 2.75) is 46.0 Å². The van der Waals surface area contributed by atoms with Crippen LogP contribution in [-0.2, 0) is 5.41 Å². The standard InChI is InChI=1S/C12H18N4/c1-8(2)10-14-9(12(3,4)5)11-13-6-7-16(11)15-10/h6-8H,1-5H3. The average Bonchev–Trinajstić information content (AvgIpc) is 2.61. The quantitative estimate of drug-likeness (QED) is 0.738. The van der Waals surface area contributed by atoms with E-state index >= 15 is 0 Å². The van der Waals surface area contributed by atoms with E-state index in [2.05, 4.69) is 49.7 Å². The minimum absolute atomic E-state index is 0.0147. The van der Waals surface area contributed by atoms with Crippen LogP contribution in [0.5, 0.6) is 0 Å². The lowest BCUT2D eigenvalue weighted by Gasteiger charge is -2.19. The van der Waals surface area contributed by atoms with E-state index in [-0.39, 0.29) is 5.41 Å². The second kappa shape index (κ2) is 3.54. The Bertz CT molecular complexity index is 505. The molecule has 4 nitrogen and oxygen atoms in total. The van der Waals surface area contributed by atoms with Crippen molar-refractivity contribution in [2.75, 3.05) is 0 Å². The van der Waals surface area contributed by atoms with Gasteiger partial charge in [0.2, 0.25) is 0 Å². The molecule has 4 heteroatoms. The number of nitrogens with zero attached hydrogens (tertiary/aromatic N) is 4. The Balaban J connectivity index is 2.74. The van der Waals surface area contributed by atoms with E-state index in [1.165, 1.54) is 0 Å².